The third-order valence-electron chi connectivity index (χ3n) is 3.68. The first-order valence-electron chi connectivity index (χ1n) is 7.98. The Morgan fingerprint density at radius 2 is 1.81 bits per heavy atom. The Labute approximate surface area is 166 Å². The zero-order chi connectivity index (χ0) is 20.0. The van der Waals surface area contributed by atoms with Crippen molar-refractivity contribution in [2.45, 2.75) is 24.7 Å². The van der Waals surface area contributed by atoms with E-state index in [-0.39, 0.29) is 17.9 Å². The summed E-state index contributed by atoms with van der Waals surface area (Å²) in [4.78, 5) is 23.6. The molecule has 0 atom stereocenters. The Hall–Kier alpha value is -2.23. The van der Waals surface area contributed by atoms with E-state index < -0.39 is 21.9 Å². The molecule has 1 amide bonds. The standard InChI is InChI=1S/C18H19BrN2O5S/c1-12-10-14(5-8-16(12)19)21-17(22)11-26-18(23)9-4-13-2-6-15(7-3-13)27(20,24)25/h2-3,5-8,10H,4,9,11H2,1H3,(H,21,22)(H2,20,24,25). The lowest BCUT2D eigenvalue weighted by molar-refractivity contribution is -0.147. The van der Waals surface area contributed by atoms with Gasteiger partial charge in [0, 0.05) is 16.6 Å². The molecule has 0 spiro atoms. The van der Waals surface area contributed by atoms with E-state index in [4.69, 9.17) is 9.88 Å². The van der Waals surface area contributed by atoms with Crippen LogP contribution < -0.4 is 10.5 Å². The van der Waals surface area contributed by atoms with E-state index in [1.807, 2.05) is 13.0 Å². The SMILES string of the molecule is Cc1cc(NC(=O)COC(=O)CCc2ccc(S(N)(=O)=O)cc2)ccc1Br. The molecule has 0 radical (unpaired) electrons. The molecule has 0 aliphatic carbocycles. The Morgan fingerprint density at radius 1 is 1.15 bits per heavy atom. The molecule has 7 nitrogen and oxygen atoms in total. The number of primary sulfonamides is 1. The molecule has 0 heterocycles. The van der Waals surface area contributed by atoms with E-state index in [2.05, 4.69) is 21.2 Å². The van der Waals surface area contributed by atoms with Crippen LogP contribution in [0.3, 0.4) is 0 Å². The summed E-state index contributed by atoms with van der Waals surface area (Å²) in [5, 5.41) is 7.68. The van der Waals surface area contributed by atoms with E-state index in [1.165, 1.54) is 12.1 Å². The van der Waals surface area contributed by atoms with Crippen molar-refractivity contribution in [3.8, 4) is 0 Å². The van der Waals surface area contributed by atoms with Crippen molar-refractivity contribution in [1.82, 2.24) is 0 Å². The molecule has 0 fully saturated rings. The van der Waals surface area contributed by atoms with E-state index in [0.29, 0.717) is 12.1 Å². The van der Waals surface area contributed by atoms with Crippen molar-refractivity contribution in [2.24, 2.45) is 5.14 Å². The molecule has 3 N–H and O–H groups in total. The summed E-state index contributed by atoms with van der Waals surface area (Å²) in [6, 6.07) is 11.3. The van der Waals surface area contributed by atoms with E-state index in [9.17, 15) is 18.0 Å². The molecule has 0 bridgehead atoms. The number of rotatable bonds is 7. The summed E-state index contributed by atoms with van der Waals surface area (Å²) in [6.45, 7) is 1.52. The predicted octanol–water partition coefficient (Wildman–Crippen LogP) is 2.52. The van der Waals surface area contributed by atoms with Crippen LogP contribution in [-0.2, 0) is 30.8 Å². The quantitative estimate of drug-likeness (QED) is 0.623. The van der Waals surface area contributed by atoms with Crippen LogP contribution in [0.25, 0.3) is 0 Å². The second-order valence-corrected chi connectivity index (χ2v) is 8.28. The van der Waals surface area contributed by atoms with Crippen LogP contribution in [0.5, 0.6) is 0 Å². The maximum absolute atomic E-state index is 11.9. The minimum Gasteiger partial charge on any atom is -0.456 e. The van der Waals surface area contributed by atoms with Gasteiger partial charge < -0.3 is 10.1 Å². The molecule has 2 aromatic rings. The second kappa shape index (κ2) is 9.12. The highest BCUT2D eigenvalue weighted by molar-refractivity contribution is 9.10. The van der Waals surface area contributed by atoms with Crippen LogP contribution in [0.2, 0.25) is 0 Å². The van der Waals surface area contributed by atoms with Crippen LogP contribution in [0, 0.1) is 6.92 Å². The van der Waals surface area contributed by atoms with Gasteiger partial charge in [-0.1, -0.05) is 28.1 Å². The largest absolute Gasteiger partial charge is 0.456 e. The smallest absolute Gasteiger partial charge is 0.306 e. The number of halogens is 1. The number of amides is 1. The third kappa shape index (κ3) is 6.78. The van der Waals surface area contributed by atoms with Crippen molar-refractivity contribution >= 4 is 43.5 Å². The molecule has 0 aliphatic rings. The molecule has 0 saturated carbocycles. The van der Waals surface area contributed by atoms with Crippen LogP contribution in [0.1, 0.15) is 17.5 Å². The van der Waals surface area contributed by atoms with Gasteiger partial charge >= 0.3 is 5.97 Å². The van der Waals surface area contributed by atoms with Gasteiger partial charge in [-0.2, -0.15) is 0 Å². The number of carbonyl (C=O) groups is 2. The minimum absolute atomic E-state index is 0.00803. The van der Waals surface area contributed by atoms with Crippen LogP contribution in [0.15, 0.2) is 51.8 Å². The summed E-state index contributed by atoms with van der Waals surface area (Å²) in [6.07, 6.45) is 0.427. The predicted molar refractivity (Wildman–Crippen MR) is 105 cm³/mol. The number of hydrogen-bond acceptors (Lipinski definition) is 5. The number of hydrogen-bond donors (Lipinski definition) is 2. The maximum atomic E-state index is 11.9. The van der Waals surface area contributed by atoms with Crippen LogP contribution in [0.4, 0.5) is 5.69 Å². The third-order valence-corrected chi connectivity index (χ3v) is 5.49. The van der Waals surface area contributed by atoms with Crippen molar-refractivity contribution in [1.29, 1.82) is 0 Å². The Balaban J connectivity index is 1.77. The van der Waals surface area contributed by atoms with Crippen molar-refractivity contribution in [3.05, 3.63) is 58.1 Å². The lowest BCUT2D eigenvalue weighted by Crippen LogP contribution is -2.21. The highest BCUT2D eigenvalue weighted by Crippen LogP contribution is 2.19. The fourth-order valence-electron chi connectivity index (χ4n) is 2.23. The zero-order valence-corrected chi connectivity index (χ0v) is 17.0. The maximum Gasteiger partial charge on any atom is 0.306 e. The average Bonchev–Trinajstić information content (AvgIpc) is 2.61. The van der Waals surface area contributed by atoms with Crippen molar-refractivity contribution in [2.75, 3.05) is 11.9 Å². The highest BCUT2D eigenvalue weighted by Gasteiger charge is 2.10. The van der Waals surface area contributed by atoms with E-state index in [1.54, 1.807) is 24.3 Å². The fraction of sp³-hybridized carbons (Fsp3) is 0.222. The molecule has 2 rings (SSSR count). The van der Waals surface area contributed by atoms with Crippen molar-refractivity contribution in [3.63, 3.8) is 0 Å². The Bertz CT molecular complexity index is 943. The normalized spacial score (nSPS) is 11.1. The lowest BCUT2D eigenvalue weighted by Gasteiger charge is -2.08. The van der Waals surface area contributed by atoms with E-state index >= 15 is 0 Å². The van der Waals surface area contributed by atoms with Gasteiger partial charge in [0.2, 0.25) is 10.0 Å². The molecule has 9 heteroatoms. The number of benzene rings is 2. The van der Waals surface area contributed by atoms with Crippen molar-refractivity contribution < 1.29 is 22.7 Å². The summed E-state index contributed by atoms with van der Waals surface area (Å²) < 4.78 is 28.3. The molecule has 144 valence electrons. The first kappa shape index (κ1) is 21.1. The molecule has 2 aromatic carbocycles. The van der Waals surface area contributed by atoms with E-state index in [0.717, 1.165) is 15.6 Å². The van der Waals surface area contributed by atoms with Gasteiger partial charge in [0.1, 0.15) is 0 Å². The molecule has 27 heavy (non-hydrogen) atoms. The Kier molecular flexibility index (Phi) is 7.11. The molecule has 0 aromatic heterocycles. The highest BCUT2D eigenvalue weighted by atomic mass is 79.9. The number of sulfonamides is 1. The summed E-state index contributed by atoms with van der Waals surface area (Å²) in [7, 11) is -3.74. The summed E-state index contributed by atoms with van der Waals surface area (Å²) >= 11 is 3.38. The second-order valence-electron chi connectivity index (χ2n) is 5.86. The molecule has 0 saturated heterocycles. The van der Waals surface area contributed by atoms with Crippen LogP contribution in [-0.4, -0.2) is 26.9 Å². The van der Waals surface area contributed by atoms with Gasteiger partial charge in [-0.3, -0.25) is 9.59 Å². The topological polar surface area (TPSA) is 116 Å². The first-order valence-corrected chi connectivity index (χ1v) is 10.3. The number of ether oxygens (including phenoxy) is 1. The lowest BCUT2D eigenvalue weighted by atomic mass is 10.1. The fourth-order valence-corrected chi connectivity index (χ4v) is 2.99. The van der Waals surface area contributed by atoms with Gasteiger partial charge in [-0.25, -0.2) is 13.6 Å². The number of nitrogens with one attached hydrogen (secondary N) is 1. The Morgan fingerprint density at radius 3 is 2.41 bits per heavy atom. The number of esters is 1. The molecular weight excluding hydrogens is 436 g/mol. The molecule has 0 aliphatic heterocycles. The number of aryl methyl sites for hydroxylation is 2. The zero-order valence-electron chi connectivity index (χ0n) is 14.6. The number of nitrogens with two attached hydrogens (primary N) is 1. The van der Waals surface area contributed by atoms with Gasteiger partial charge in [0.15, 0.2) is 6.61 Å². The van der Waals surface area contributed by atoms with Gasteiger partial charge in [-0.15, -0.1) is 0 Å². The molecule has 0 unspecified atom stereocenters. The van der Waals surface area contributed by atoms with Gasteiger partial charge in [0.05, 0.1) is 4.90 Å². The first-order chi connectivity index (χ1) is 12.6. The van der Waals surface area contributed by atoms with Gasteiger partial charge in [0.25, 0.3) is 5.91 Å². The minimum atomic E-state index is -3.74. The number of anilines is 1. The van der Waals surface area contributed by atoms with Gasteiger partial charge in [-0.05, 0) is 54.8 Å². The summed E-state index contributed by atoms with van der Waals surface area (Å²) in [5.74, 6) is -0.949. The monoisotopic (exact) mass is 454 g/mol. The number of carbonyl (C=O) groups excluding carboxylic acids is 2. The average molecular weight is 455 g/mol. The van der Waals surface area contributed by atoms with Crippen LogP contribution >= 0.6 is 15.9 Å². The summed E-state index contributed by atoms with van der Waals surface area (Å²) in [5.41, 5.74) is 2.35. The molecular formula is C18H19BrN2O5S.